The van der Waals surface area contributed by atoms with Gasteiger partial charge in [0.15, 0.2) is 0 Å². The van der Waals surface area contributed by atoms with Crippen LogP contribution in [0, 0.1) is 16.0 Å². The number of benzene rings is 1. The molecule has 3 aromatic rings. The van der Waals surface area contributed by atoms with Crippen LogP contribution in [-0.4, -0.2) is 22.6 Å². The molecule has 4 rings (SSSR count). The number of aromatic nitrogens is 1. The Balaban J connectivity index is 1.89. The number of nitrogens with zero attached hydrogens (tertiary/aromatic N) is 3. The van der Waals surface area contributed by atoms with E-state index >= 15 is 0 Å². The first-order valence-electron chi connectivity index (χ1n) is 9.37. The number of piperidine rings is 1. The summed E-state index contributed by atoms with van der Waals surface area (Å²) in [6.07, 6.45) is 3.73. The third kappa shape index (κ3) is 3.92. The summed E-state index contributed by atoms with van der Waals surface area (Å²) in [6, 6.07) is 16.2. The molecule has 1 fully saturated rings. The Morgan fingerprint density at radius 3 is 2.50 bits per heavy atom. The molecule has 1 aliphatic heterocycles. The number of hydrogen-bond donors (Lipinski definition) is 0. The molecule has 1 aromatic carbocycles. The second kappa shape index (κ2) is 8.59. The van der Waals surface area contributed by atoms with Crippen molar-refractivity contribution in [3.8, 4) is 27.8 Å². The lowest BCUT2D eigenvalue weighted by Gasteiger charge is -2.29. The molecule has 3 nitrogen and oxygen atoms in total. The molecule has 0 spiro atoms. The summed E-state index contributed by atoms with van der Waals surface area (Å²) in [7, 11) is 0. The molecule has 0 aliphatic carbocycles. The van der Waals surface area contributed by atoms with E-state index in [0.717, 1.165) is 41.5 Å². The molecule has 3 heterocycles. The van der Waals surface area contributed by atoms with Gasteiger partial charge in [-0.2, -0.15) is 5.26 Å². The van der Waals surface area contributed by atoms with Crippen LogP contribution in [0.1, 0.15) is 24.8 Å². The third-order valence-electron chi connectivity index (χ3n) is 5.13. The summed E-state index contributed by atoms with van der Waals surface area (Å²) in [5, 5.41) is 12.6. The highest BCUT2D eigenvalue weighted by Crippen LogP contribution is 2.33. The first-order valence-corrected chi connectivity index (χ1v) is 11.0. The van der Waals surface area contributed by atoms with Gasteiger partial charge in [0.25, 0.3) is 0 Å². The molecule has 0 bridgehead atoms. The normalized spacial score (nSPS) is 14.7. The smallest absolute Gasteiger partial charge is 0.126 e. The molecule has 1 aliphatic rings. The molecule has 0 unspecified atom stereocenters. The van der Waals surface area contributed by atoms with Gasteiger partial charge < -0.3 is 4.57 Å². The predicted octanol–water partition coefficient (Wildman–Crippen LogP) is 6.58. The molecule has 0 saturated carbocycles. The van der Waals surface area contributed by atoms with Crippen molar-refractivity contribution in [3.05, 3.63) is 63.1 Å². The van der Waals surface area contributed by atoms with Crippen LogP contribution in [-0.2, 0) is 6.67 Å². The van der Waals surface area contributed by atoms with Crippen LogP contribution >= 0.6 is 35.2 Å². The van der Waals surface area contributed by atoms with Crippen molar-refractivity contribution in [2.75, 3.05) is 13.1 Å². The number of halogens is 1. The van der Waals surface area contributed by atoms with Crippen molar-refractivity contribution in [1.29, 1.82) is 5.26 Å². The minimum Gasteiger partial charge on any atom is -0.317 e. The van der Waals surface area contributed by atoms with Gasteiger partial charge in [-0.3, -0.25) is 4.90 Å². The van der Waals surface area contributed by atoms with Gasteiger partial charge in [0.2, 0.25) is 0 Å². The van der Waals surface area contributed by atoms with E-state index in [4.69, 9.17) is 23.8 Å². The monoisotopic (exact) mass is 425 g/mol. The van der Waals surface area contributed by atoms with Crippen molar-refractivity contribution >= 4 is 35.2 Å². The summed E-state index contributed by atoms with van der Waals surface area (Å²) in [5.74, 6) is 0. The summed E-state index contributed by atoms with van der Waals surface area (Å²) in [6.45, 7) is 2.88. The second-order valence-corrected chi connectivity index (χ2v) is 8.74. The molecule has 1 saturated heterocycles. The molecule has 28 heavy (non-hydrogen) atoms. The van der Waals surface area contributed by atoms with Gasteiger partial charge in [-0.1, -0.05) is 48.4 Å². The van der Waals surface area contributed by atoms with Crippen molar-refractivity contribution in [2.24, 2.45) is 0 Å². The highest BCUT2D eigenvalue weighted by atomic mass is 35.5. The maximum absolute atomic E-state index is 9.90. The second-order valence-electron chi connectivity index (χ2n) is 6.97. The molecule has 0 N–H and O–H groups in total. The Hall–Kier alpha value is -1.97. The SMILES string of the molecule is N#Cc1c(-c2ccc(Cl)cc2)cc(-c2cccs2)n(CN2CCCCC2)c1=S. The highest BCUT2D eigenvalue weighted by molar-refractivity contribution is 7.71. The van der Waals surface area contributed by atoms with Crippen molar-refractivity contribution in [2.45, 2.75) is 25.9 Å². The minimum absolute atomic E-state index is 0.551. The number of likely N-dealkylation sites (tertiary alicyclic amines) is 1. The van der Waals surface area contributed by atoms with E-state index in [1.807, 2.05) is 24.3 Å². The number of pyridine rings is 1. The first-order chi connectivity index (χ1) is 13.7. The Kier molecular flexibility index (Phi) is 5.93. The Morgan fingerprint density at radius 2 is 1.86 bits per heavy atom. The summed E-state index contributed by atoms with van der Waals surface area (Å²) in [4.78, 5) is 3.59. The largest absolute Gasteiger partial charge is 0.317 e. The van der Waals surface area contributed by atoms with Gasteiger partial charge in [-0.25, -0.2) is 0 Å². The van der Waals surface area contributed by atoms with E-state index in [2.05, 4.69) is 39.1 Å². The van der Waals surface area contributed by atoms with Crippen molar-refractivity contribution in [3.63, 3.8) is 0 Å². The average Bonchev–Trinajstić information content (AvgIpc) is 3.25. The summed E-state index contributed by atoms with van der Waals surface area (Å²) in [5.41, 5.74) is 3.43. The van der Waals surface area contributed by atoms with Crippen molar-refractivity contribution in [1.82, 2.24) is 9.47 Å². The van der Waals surface area contributed by atoms with Crippen LogP contribution < -0.4 is 0 Å². The van der Waals surface area contributed by atoms with Gasteiger partial charge in [0.05, 0.1) is 22.8 Å². The fourth-order valence-electron chi connectivity index (χ4n) is 3.68. The Bertz CT molecular complexity index is 1060. The zero-order chi connectivity index (χ0) is 19.5. The molecule has 142 valence electrons. The maximum atomic E-state index is 9.90. The average molecular weight is 426 g/mol. The van der Waals surface area contributed by atoms with Crippen LogP contribution in [0.2, 0.25) is 5.02 Å². The van der Waals surface area contributed by atoms with Crippen LogP contribution in [0.3, 0.4) is 0 Å². The van der Waals surface area contributed by atoms with Crippen LogP contribution in [0.15, 0.2) is 47.8 Å². The summed E-state index contributed by atoms with van der Waals surface area (Å²) >= 11 is 13.6. The van der Waals surface area contributed by atoms with Crippen LogP contribution in [0.25, 0.3) is 21.7 Å². The van der Waals surface area contributed by atoms with Crippen LogP contribution in [0.4, 0.5) is 0 Å². The Morgan fingerprint density at radius 1 is 1.11 bits per heavy atom. The van der Waals surface area contributed by atoms with E-state index in [1.165, 1.54) is 19.3 Å². The Labute approximate surface area is 179 Å². The van der Waals surface area contributed by atoms with E-state index in [1.54, 1.807) is 11.3 Å². The lowest BCUT2D eigenvalue weighted by Crippen LogP contribution is -2.32. The lowest BCUT2D eigenvalue weighted by atomic mass is 10.0. The minimum atomic E-state index is 0.551. The number of rotatable bonds is 4. The third-order valence-corrected chi connectivity index (χ3v) is 6.70. The van der Waals surface area contributed by atoms with E-state index in [9.17, 15) is 5.26 Å². The fourth-order valence-corrected chi connectivity index (χ4v) is 4.87. The van der Waals surface area contributed by atoms with Crippen molar-refractivity contribution < 1.29 is 0 Å². The standard InChI is InChI=1S/C22H20ClN3S2/c23-17-8-6-16(7-9-17)18-13-20(21-5-4-12-28-21)26(22(27)19(18)14-24)15-25-10-2-1-3-11-25/h4-9,12-13H,1-3,10-11,15H2. The quantitative estimate of drug-likeness (QED) is 0.442. The molecule has 0 radical (unpaired) electrons. The van der Waals surface area contributed by atoms with Gasteiger partial charge in [-0.15, -0.1) is 11.3 Å². The highest BCUT2D eigenvalue weighted by Gasteiger charge is 2.18. The number of hydrogen-bond acceptors (Lipinski definition) is 4. The number of thiophene rings is 1. The predicted molar refractivity (Wildman–Crippen MR) is 119 cm³/mol. The summed E-state index contributed by atoms with van der Waals surface area (Å²) < 4.78 is 2.73. The molecule has 0 amide bonds. The van der Waals surface area contributed by atoms with Gasteiger partial charge in [0, 0.05) is 10.6 Å². The van der Waals surface area contributed by atoms with Gasteiger partial charge in [-0.05, 0) is 61.1 Å². The number of nitriles is 1. The zero-order valence-electron chi connectivity index (χ0n) is 15.4. The topological polar surface area (TPSA) is 32.0 Å². The molecule has 0 atom stereocenters. The first kappa shape index (κ1) is 19.4. The van der Waals surface area contributed by atoms with Crippen LogP contribution in [0.5, 0.6) is 0 Å². The lowest BCUT2D eigenvalue weighted by molar-refractivity contribution is 0.182. The van der Waals surface area contributed by atoms with E-state index in [-0.39, 0.29) is 0 Å². The molecule has 6 heteroatoms. The zero-order valence-corrected chi connectivity index (χ0v) is 17.8. The van der Waals surface area contributed by atoms with Gasteiger partial charge >= 0.3 is 0 Å². The molecular weight excluding hydrogens is 406 g/mol. The van der Waals surface area contributed by atoms with E-state index in [0.29, 0.717) is 15.2 Å². The molecular formula is C22H20ClN3S2. The maximum Gasteiger partial charge on any atom is 0.126 e. The van der Waals surface area contributed by atoms with Gasteiger partial charge in [0.1, 0.15) is 10.7 Å². The fraction of sp³-hybridized carbons (Fsp3) is 0.273. The van der Waals surface area contributed by atoms with E-state index < -0.39 is 0 Å². The molecule has 2 aromatic heterocycles.